The van der Waals surface area contributed by atoms with Crippen molar-refractivity contribution in [2.75, 3.05) is 34.4 Å². The van der Waals surface area contributed by atoms with Gasteiger partial charge in [-0.2, -0.15) is 0 Å². The Morgan fingerprint density at radius 3 is 2.21 bits per heavy atom. The minimum atomic E-state index is -2.44. The molecule has 0 bridgehead atoms. The summed E-state index contributed by atoms with van der Waals surface area (Å²) in [6, 6.07) is 0. The molecule has 1 unspecified atom stereocenters. The van der Waals surface area contributed by atoms with Gasteiger partial charge in [0, 0.05) is 21.3 Å². The van der Waals surface area contributed by atoms with E-state index in [0.717, 1.165) is 19.5 Å². The van der Waals surface area contributed by atoms with Crippen LogP contribution in [0.1, 0.15) is 19.8 Å². The van der Waals surface area contributed by atoms with Crippen LogP contribution in [0.25, 0.3) is 0 Å². The Morgan fingerprint density at radius 1 is 1.21 bits per heavy atom. The van der Waals surface area contributed by atoms with Crippen LogP contribution in [0, 0.1) is 0 Å². The molecule has 1 fully saturated rings. The molecule has 0 aliphatic carbocycles. The van der Waals surface area contributed by atoms with E-state index in [4.69, 9.17) is 13.3 Å². The number of rotatable bonds is 5. The summed E-state index contributed by atoms with van der Waals surface area (Å²) in [4.78, 5) is 2.39. The van der Waals surface area contributed by atoms with Gasteiger partial charge in [0.1, 0.15) is 0 Å². The van der Waals surface area contributed by atoms with Gasteiger partial charge >= 0.3 is 8.80 Å². The molecule has 5 heteroatoms. The standard InChI is InChI=1S/C9H21NO3Si/c1-5-10-8-6-7-9(10)14(11-2,12-3)13-4/h9H,5-8H2,1-4H3. The minimum absolute atomic E-state index is 0.340. The van der Waals surface area contributed by atoms with E-state index >= 15 is 0 Å². The van der Waals surface area contributed by atoms with Gasteiger partial charge < -0.3 is 13.3 Å². The molecule has 0 saturated carbocycles. The normalized spacial score (nSPS) is 24.4. The summed E-state index contributed by atoms with van der Waals surface area (Å²) in [5, 5.41) is 0. The maximum Gasteiger partial charge on any atom is 0.518 e. The average Bonchev–Trinajstić information content (AvgIpc) is 2.70. The van der Waals surface area contributed by atoms with Crippen LogP contribution in [-0.2, 0) is 13.3 Å². The van der Waals surface area contributed by atoms with Crippen molar-refractivity contribution >= 4 is 8.80 Å². The van der Waals surface area contributed by atoms with Crippen LogP contribution < -0.4 is 0 Å². The second-order valence-electron chi connectivity index (χ2n) is 3.50. The molecule has 1 saturated heterocycles. The van der Waals surface area contributed by atoms with Gasteiger partial charge in [0.25, 0.3) is 0 Å². The van der Waals surface area contributed by atoms with Crippen molar-refractivity contribution in [3.8, 4) is 0 Å². The molecule has 0 aromatic rings. The van der Waals surface area contributed by atoms with Crippen molar-refractivity contribution in [1.29, 1.82) is 0 Å². The fourth-order valence-corrected chi connectivity index (χ4v) is 4.90. The Balaban J connectivity index is 2.76. The average molecular weight is 219 g/mol. The fourth-order valence-electron chi connectivity index (χ4n) is 2.26. The van der Waals surface area contributed by atoms with Gasteiger partial charge in [-0.25, -0.2) is 0 Å². The van der Waals surface area contributed by atoms with Crippen molar-refractivity contribution in [3.63, 3.8) is 0 Å². The number of hydrogen-bond donors (Lipinski definition) is 0. The van der Waals surface area contributed by atoms with Gasteiger partial charge in [-0.3, -0.25) is 4.90 Å². The molecule has 0 aromatic carbocycles. The number of nitrogens with zero attached hydrogens (tertiary/aromatic N) is 1. The van der Waals surface area contributed by atoms with E-state index in [0.29, 0.717) is 5.67 Å². The Labute approximate surface area is 87.5 Å². The first-order valence-electron chi connectivity index (χ1n) is 5.13. The molecule has 4 nitrogen and oxygen atoms in total. The summed E-state index contributed by atoms with van der Waals surface area (Å²) in [7, 11) is 2.62. The highest BCUT2D eigenvalue weighted by molar-refractivity contribution is 6.62. The summed E-state index contributed by atoms with van der Waals surface area (Å²) < 4.78 is 16.5. The number of hydrogen-bond acceptors (Lipinski definition) is 4. The minimum Gasteiger partial charge on any atom is -0.376 e. The lowest BCUT2D eigenvalue weighted by Crippen LogP contribution is -2.59. The maximum atomic E-state index is 5.51. The molecule has 84 valence electrons. The molecule has 0 N–H and O–H groups in total. The molecule has 0 amide bonds. The zero-order valence-corrected chi connectivity index (χ0v) is 10.6. The zero-order chi connectivity index (χ0) is 10.6. The lowest BCUT2D eigenvalue weighted by molar-refractivity contribution is 0.0871. The predicted octanol–water partition coefficient (Wildman–Crippen LogP) is 0.888. The van der Waals surface area contributed by atoms with Gasteiger partial charge in [0.05, 0.1) is 5.67 Å². The van der Waals surface area contributed by atoms with E-state index in [2.05, 4.69) is 11.8 Å². The third kappa shape index (κ3) is 2.01. The molecule has 1 aliphatic rings. The van der Waals surface area contributed by atoms with Crippen LogP contribution in [0.3, 0.4) is 0 Å². The first-order valence-corrected chi connectivity index (χ1v) is 6.93. The molecule has 1 aliphatic heterocycles. The van der Waals surface area contributed by atoms with Crippen LogP contribution in [-0.4, -0.2) is 53.8 Å². The monoisotopic (exact) mass is 219 g/mol. The predicted molar refractivity (Wildman–Crippen MR) is 57.1 cm³/mol. The van der Waals surface area contributed by atoms with Crippen LogP contribution in [0.2, 0.25) is 0 Å². The molecule has 1 rings (SSSR count). The SMILES string of the molecule is CCN1CCCC1[Si](OC)(OC)OC. The quantitative estimate of drug-likeness (QED) is 0.643. The fraction of sp³-hybridized carbons (Fsp3) is 1.00. The lowest BCUT2D eigenvalue weighted by Gasteiger charge is -2.34. The van der Waals surface area contributed by atoms with Crippen molar-refractivity contribution < 1.29 is 13.3 Å². The zero-order valence-electron chi connectivity index (χ0n) is 9.58. The molecular weight excluding hydrogens is 198 g/mol. The second-order valence-corrected chi connectivity index (χ2v) is 6.60. The van der Waals surface area contributed by atoms with Crippen molar-refractivity contribution in [2.45, 2.75) is 25.4 Å². The first kappa shape index (κ1) is 12.1. The Morgan fingerprint density at radius 2 is 1.79 bits per heavy atom. The third-order valence-corrected chi connectivity index (χ3v) is 6.21. The molecule has 0 spiro atoms. The number of likely N-dealkylation sites (tertiary alicyclic amines) is 1. The third-order valence-electron chi connectivity index (χ3n) is 3.03. The highest BCUT2D eigenvalue weighted by Crippen LogP contribution is 2.26. The van der Waals surface area contributed by atoms with Crippen LogP contribution in [0.15, 0.2) is 0 Å². The van der Waals surface area contributed by atoms with E-state index in [9.17, 15) is 0 Å². The topological polar surface area (TPSA) is 30.9 Å². The highest BCUT2D eigenvalue weighted by Gasteiger charge is 2.51. The summed E-state index contributed by atoms with van der Waals surface area (Å²) in [6.45, 7) is 4.33. The lowest BCUT2D eigenvalue weighted by atomic mass is 10.4. The van der Waals surface area contributed by atoms with Gasteiger partial charge in [0.2, 0.25) is 0 Å². The van der Waals surface area contributed by atoms with Crippen LogP contribution >= 0.6 is 0 Å². The van der Waals surface area contributed by atoms with E-state index < -0.39 is 8.80 Å². The van der Waals surface area contributed by atoms with Gasteiger partial charge in [0.15, 0.2) is 0 Å². The maximum absolute atomic E-state index is 5.51. The summed E-state index contributed by atoms with van der Waals surface area (Å²) in [6.07, 6.45) is 2.33. The Kier molecular flexibility index (Phi) is 4.53. The van der Waals surface area contributed by atoms with Crippen molar-refractivity contribution in [1.82, 2.24) is 4.90 Å². The van der Waals surface area contributed by atoms with Crippen LogP contribution in [0.5, 0.6) is 0 Å². The van der Waals surface area contributed by atoms with Gasteiger partial charge in [-0.15, -0.1) is 0 Å². The summed E-state index contributed by atoms with van der Waals surface area (Å²) >= 11 is 0. The van der Waals surface area contributed by atoms with E-state index in [1.807, 2.05) is 0 Å². The Hall–Kier alpha value is 0.0569. The smallest absolute Gasteiger partial charge is 0.376 e. The summed E-state index contributed by atoms with van der Waals surface area (Å²) in [5.41, 5.74) is 0.340. The van der Waals surface area contributed by atoms with Gasteiger partial charge in [-0.1, -0.05) is 6.92 Å². The highest BCUT2D eigenvalue weighted by atomic mass is 28.4. The largest absolute Gasteiger partial charge is 0.518 e. The first-order chi connectivity index (χ1) is 6.74. The molecule has 14 heavy (non-hydrogen) atoms. The van der Waals surface area contributed by atoms with E-state index in [-0.39, 0.29) is 0 Å². The van der Waals surface area contributed by atoms with E-state index in [1.54, 1.807) is 21.3 Å². The molecule has 0 aromatic heterocycles. The van der Waals surface area contributed by atoms with E-state index in [1.165, 1.54) is 6.42 Å². The Bertz CT molecular complexity index is 167. The van der Waals surface area contributed by atoms with Gasteiger partial charge in [-0.05, 0) is 25.9 Å². The van der Waals surface area contributed by atoms with Crippen molar-refractivity contribution in [2.24, 2.45) is 0 Å². The van der Waals surface area contributed by atoms with Crippen LogP contribution in [0.4, 0.5) is 0 Å². The van der Waals surface area contributed by atoms with Crippen molar-refractivity contribution in [3.05, 3.63) is 0 Å². The second kappa shape index (κ2) is 5.23. The molecule has 1 heterocycles. The molecule has 1 atom stereocenters. The molecular formula is C9H21NO3Si. The molecule has 0 radical (unpaired) electrons. The summed E-state index contributed by atoms with van der Waals surface area (Å²) in [5.74, 6) is 0.